The van der Waals surface area contributed by atoms with Gasteiger partial charge in [-0.3, -0.25) is 14.8 Å². The Balaban J connectivity index is 1.49. The van der Waals surface area contributed by atoms with Gasteiger partial charge in [0, 0.05) is 52.9 Å². The van der Waals surface area contributed by atoms with Gasteiger partial charge in [-0.15, -0.1) is 0 Å². The Morgan fingerprint density at radius 1 is 0.944 bits per heavy atom. The number of rotatable bonds is 7. The number of amides is 1. The molecule has 1 amide bonds. The SMILES string of the molecule is O=C(Cc1c[nH]c2ccc(F)cc12)NC(Cc1cc(F)cc(F)c1)c1ncccc1-c1cccnc1. The van der Waals surface area contributed by atoms with E-state index in [9.17, 15) is 18.0 Å². The predicted molar refractivity (Wildman–Crippen MR) is 130 cm³/mol. The van der Waals surface area contributed by atoms with Crippen molar-refractivity contribution in [1.29, 1.82) is 0 Å². The number of halogens is 3. The molecular formula is C28H21F3N4O. The first-order chi connectivity index (χ1) is 17.5. The summed E-state index contributed by atoms with van der Waals surface area (Å²) >= 11 is 0. The molecule has 5 rings (SSSR count). The van der Waals surface area contributed by atoms with E-state index in [4.69, 9.17) is 0 Å². The van der Waals surface area contributed by atoms with Gasteiger partial charge in [0.1, 0.15) is 17.5 Å². The number of pyridine rings is 2. The van der Waals surface area contributed by atoms with Gasteiger partial charge in [0.05, 0.1) is 18.2 Å². The molecule has 2 aromatic carbocycles. The number of benzene rings is 2. The smallest absolute Gasteiger partial charge is 0.225 e. The lowest BCUT2D eigenvalue weighted by atomic mass is 9.96. The number of nitrogens with zero attached hydrogens (tertiary/aromatic N) is 2. The summed E-state index contributed by atoms with van der Waals surface area (Å²) in [5.74, 6) is -2.15. The second-order valence-corrected chi connectivity index (χ2v) is 8.46. The minimum absolute atomic E-state index is 0.0213. The van der Waals surface area contributed by atoms with Gasteiger partial charge in [-0.05, 0) is 60.0 Å². The first-order valence-corrected chi connectivity index (χ1v) is 11.3. The average molecular weight is 486 g/mol. The molecule has 0 saturated carbocycles. The molecule has 0 bridgehead atoms. The molecule has 5 nitrogen and oxygen atoms in total. The molecule has 3 heterocycles. The largest absolute Gasteiger partial charge is 0.361 e. The molecule has 2 N–H and O–H groups in total. The summed E-state index contributed by atoms with van der Waals surface area (Å²) in [6.45, 7) is 0. The van der Waals surface area contributed by atoms with E-state index in [1.807, 2.05) is 12.1 Å². The number of nitrogens with one attached hydrogen (secondary N) is 2. The minimum atomic E-state index is -0.704. The lowest BCUT2D eigenvalue weighted by Crippen LogP contribution is -2.32. The van der Waals surface area contributed by atoms with E-state index < -0.39 is 23.5 Å². The second-order valence-electron chi connectivity index (χ2n) is 8.46. The van der Waals surface area contributed by atoms with Gasteiger partial charge < -0.3 is 10.3 Å². The topological polar surface area (TPSA) is 70.7 Å². The molecule has 3 aromatic heterocycles. The van der Waals surface area contributed by atoms with Gasteiger partial charge in [0.15, 0.2) is 0 Å². The maximum Gasteiger partial charge on any atom is 0.225 e. The van der Waals surface area contributed by atoms with Crippen LogP contribution in [-0.4, -0.2) is 20.9 Å². The van der Waals surface area contributed by atoms with Crippen LogP contribution >= 0.6 is 0 Å². The average Bonchev–Trinajstić information content (AvgIpc) is 3.25. The van der Waals surface area contributed by atoms with Crippen molar-refractivity contribution in [3.63, 3.8) is 0 Å². The Labute approximate surface area is 205 Å². The molecule has 0 spiro atoms. The summed E-state index contributed by atoms with van der Waals surface area (Å²) in [4.78, 5) is 24.9. The Hall–Kier alpha value is -4.46. The van der Waals surface area contributed by atoms with Crippen LogP contribution in [0.2, 0.25) is 0 Å². The highest BCUT2D eigenvalue weighted by molar-refractivity contribution is 5.89. The van der Waals surface area contributed by atoms with Crippen LogP contribution in [-0.2, 0) is 17.6 Å². The standard InChI is InChI=1S/C28H21F3N4O/c29-20-5-6-25-24(14-20)19(16-34-25)12-27(36)35-26(11-17-9-21(30)13-22(31)10-17)28-23(4-2-8-33-28)18-3-1-7-32-15-18/h1-10,13-16,26,34H,11-12H2,(H,35,36). The van der Waals surface area contributed by atoms with Crippen molar-refractivity contribution in [3.05, 3.63) is 120 Å². The van der Waals surface area contributed by atoms with E-state index in [0.29, 0.717) is 22.2 Å². The molecule has 0 aliphatic rings. The van der Waals surface area contributed by atoms with Crippen LogP contribution in [0.4, 0.5) is 13.2 Å². The lowest BCUT2D eigenvalue weighted by Gasteiger charge is -2.21. The van der Waals surface area contributed by atoms with Gasteiger partial charge in [-0.2, -0.15) is 0 Å². The van der Waals surface area contributed by atoms with Gasteiger partial charge in [0.2, 0.25) is 5.91 Å². The summed E-state index contributed by atoms with van der Waals surface area (Å²) in [5, 5.41) is 3.59. The van der Waals surface area contributed by atoms with E-state index in [1.165, 1.54) is 24.3 Å². The van der Waals surface area contributed by atoms with E-state index in [2.05, 4.69) is 20.3 Å². The third-order valence-corrected chi connectivity index (χ3v) is 5.92. The summed E-state index contributed by atoms with van der Waals surface area (Å²) in [6.07, 6.45) is 6.69. The van der Waals surface area contributed by atoms with E-state index in [1.54, 1.807) is 43.0 Å². The first kappa shape index (κ1) is 23.3. The number of hydrogen-bond donors (Lipinski definition) is 2. The van der Waals surface area contributed by atoms with E-state index >= 15 is 0 Å². The summed E-state index contributed by atoms with van der Waals surface area (Å²) in [7, 11) is 0. The zero-order chi connectivity index (χ0) is 25.1. The molecule has 0 radical (unpaired) electrons. The Morgan fingerprint density at radius 2 is 1.75 bits per heavy atom. The van der Waals surface area contributed by atoms with Crippen molar-refractivity contribution in [1.82, 2.24) is 20.3 Å². The zero-order valence-electron chi connectivity index (χ0n) is 19.0. The number of hydrogen-bond acceptors (Lipinski definition) is 3. The van der Waals surface area contributed by atoms with Crippen LogP contribution in [0.3, 0.4) is 0 Å². The van der Waals surface area contributed by atoms with Crippen LogP contribution in [0.15, 0.2) is 85.5 Å². The molecule has 1 atom stereocenters. The molecule has 36 heavy (non-hydrogen) atoms. The molecule has 5 aromatic rings. The second kappa shape index (κ2) is 10.0. The van der Waals surface area contributed by atoms with Crippen molar-refractivity contribution >= 4 is 16.8 Å². The van der Waals surface area contributed by atoms with Crippen LogP contribution in [0, 0.1) is 17.5 Å². The van der Waals surface area contributed by atoms with E-state index in [0.717, 1.165) is 22.7 Å². The minimum Gasteiger partial charge on any atom is -0.361 e. The van der Waals surface area contributed by atoms with Crippen LogP contribution < -0.4 is 5.32 Å². The zero-order valence-corrected chi connectivity index (χ0v) is 19.0. The molecule has 0 fully saturated rings. The highest BCUT2D eigenvalue weighted by Gasteiger charge is 2.22. The Kier molecular flexibility index (Phi) is 6.49. The number of aromatic amines is 1. The molecule has 0 aliphatic heterocycles. The summed E-state index contributed by atoms with van der Waals surface area (Å²) in [5.41, 5.74) is 3.78. The third-order valence-electron chi connectivity index (χ3n) is 5.92. The molecule has 0 saturated heterocycles. The van der Waals surface area contributed by atoms with Crippen molar-refractivity contribution in [3.8, 4) is 11.1 Å². The highest BCUT2D eigenvalue weighted by atomic mass is 19.1. The van der Waals surface area contributed by atoms with Crippen molar-refractivity contribution in [2.24, 2.45) is 0 Å². The molecule has 0 aliphatic carbocycles. The van der Waals surface area contributed by atoms with Gasteiger partial charge in [-0.25, -0.2) is 13.2 Å². The predicted octanol–water partition coefficient (Wildman–Crippen LogP) is 5.68. The Bertz CT molecular complexity index is 1510. The summed E-state index contributed by atoms with van der Waals surface area (Å²) < 4.78 is 41.7. The van der Waals surface area contributed by atoms with Crippen molar-refractivity contribution in [2.45, 2.75) is 18.9 Å². The van der Waals surface area contributed by atoms with Crippen LogP contribution in [0.1, 0.15) is 22.9 Å². The monoisotopic (exact) mass is 486 g/mol. The third kappa shape index (κ3) is 5.12. The van der Waals surface area contributed by atoms with Crippen molar-refractivity contribution in [2.75, 3.05) is 0 Å². The number of aromatic nitrogens is 3. The fourth-order valence-electron chi connectivity index (χ4n) is 4.36. The van der Waals surface area contributed by atoms with E-state index in [-0.39, 0.29) is 18.7 Å². The number of carbonyl (C=O) groups is 1. The number of carbonyl (C=O) groups excluding carboxylic acids is 1. The van der Waals surface area contributed by atoms with Gasteiger partial charge in [0.25, 0.3) is 0 Å². The maximum atomic E-state index is 13.9. The highest BCUT2D eigenvalue weighted by Crippen LogP contribution is 2.29. The fourth-order valence-corrected chi connectivity index (χ4v) is 4.36. The number of fused-ring (bicyclic) bond motifs is 1. The number of H-pyrrole nitrogens is 1. The lowest BCUT2D eigenvalue weighted by molar-refractivity contribution is -0.121. The van der Waals surface area contributed by atoms with Crippen LogP contribution in [0.5, 0.6) is 0 Å². The van der Waals surface area contributed by atoms with Gasteiger partial charge >= 0.3 is 0 Å². The molecule has 1 unspecified atom stereocenters. The fraction of sp³-hybridized carbons (Fsp3) is 0.107. The first-order valence-electron chi connectivity index (χ1n) is 11.3. The molecule has 180 valence electrons. The van der Waals surface area contributed by atoms with Gasteiger partial charge in [-0.1, -0.05) is 12.1 Å². The summed E-state index contributed by atoms with van der Waals surface area (Å²) in [6, 6.07) is 14.2. The molecule has 8 heteroatoms. The molecular weight excluding hydrogens is 465 g/mol. The van der Waals surface area contributed by atoms with Crippen LogP contribution in [0.25, 0.3) is 22.0 Å². The maximum absolute atomic E-state index is 13.9. The Morgan fingerprint density at radius 3 is 2.53 bits per heavy atom. The normalized spacial score (nSPS) is 12.0. The van der Waals surface area contributed by atoms with Crippen molar-refractivity contribution < 1.29 is 18.0 Å². The quantitative estimate of drug-likeness (QED) is 0.311.